The minimum atomic E-state index is -0.444. The fraction of sp³-hybridized carbons (Fsp3) is 0.316. The van der Waals surface area contributed by atoms with Crippen molar-refractivity contribution in [2.75, 3.05) is 6.54 Å². The molecule has 0 bridgehead atoms. The molecule has 0 atom stereocenters. The third-order valence-electron chi connectivity index (χ3n) is 4.18. The number of hydrogen-bond acceptors (Lipinski definition) is 3. The molecule has 1 saturated heterocycles. The van der Waals surface area contributed by atoms with Crippen molar-refractivity contribution in [2.24, 2.45) is 5.92 Å². The zero-order valence-electron chi connectivity index (χ0n) is 14.6. The van der Waals surface area contributed by atoms with E-state index >= 15 is 0 Å². The van der Waals surface area contributed by atoms with Crippen LogP contribution in [0, 0.1) is 5.92 Å². The van der Waals surface area contributed by atoms with Gasteiger partial charge in [0.25, 0.3) is 11.8 Å². The molecule has 1 aromatic carbocycles. The van der Waals surface area contributed by atoms with Crippen LogP contribution >= 0.6 is 12.2 Å². The minimum Gasteiger partial charge on any atom is -0.347 e. The van der Waals surface area contributed by atoms with Crippen molar-refractivity contribution >= 4 is 46.1 Å². The molecule has 0 spiro atoms. The highest BCUT2D eigenvalue weighted by Gasteiger charge is 2.32. The van der Waals surface area contributed by atoms with Gasteiger partial charge in [0.1, 0.15) is 5.57 Å². The lowest BCUT2D eigenvalue weighted by molar-refractivity contribution is -0.128. The van der Waals surface area contributed by atoms with Crippen LogP contribution in [0.2, 0.25) is 0 Å². The summed E-state index contributed by atoms with van der Waals surface area (Å²) in [4.78, 5) is 26.3. The van der Waals surface area contributed by atoms with Crippen molar-refractivity contribution in [3.63, 3.8) is 0 Å². The van der Waals surface area contributed by atoms with Gasteiger partial charge in [-0.2, -0.15) is 0 Å². The molecule has 3 rings (SSSR count). The quantitative estimate of drug-likeness (QED) is 0.521. The number of likely N-dealkylation sites (N-methyl/N-ethyl adjacent to an activating group) is 1. The van der Waals surface area contributed by atoms with E-state index in [2.05, 4.69) is 29.8 Å². The van der Waals surface area contributed by atoms with Crippen LogP contribution in [0.5, 0.6) is 0 Å². The highest BCUT2D eigenvalue weighted by atomic mass is 32.1. The molecule has 2 aromatic rings. The number of benzene rings is 1. The Balaban J connectivity index is 2.10. The van der Waals surface area contributed by atoms with Gasteiger partial charge in [-0.1, -0.05) is 32.0 Å². The van der Waals surface area contributed by atoms with Crippen molar-refractivity contribution in [3.05, 3.63) is 41.6 Å². The van der Waals surface area contributed by atoms with E-state index in [0.29, 0.717) is 12.5 Å². The molecular formula is C19H21N3O2S. The summed E-state index contributed by atoms with van der Waals surface area (Å²) in [5, 5.41) is 3.78. The first kappa shape index (κ1) is 17.4. The number of nitrogens with one attached hydrogen (secondary N) is 1. The average molecular weight is 355 g/mol. The predicted molar refractivity (Wildman–Crippen MR) is 103 cm³/mol. The monoisotopic (exact) mass is 355 g/mol. The topological polar surface area (TPSA) is 54.3 Å². The number of hydrogen-bond donors (Lipinski definition) is 1. The lowest BCUT2D eigenvalue weighted by Gasteiger charge is -2.27. The molecule has 0 radical (unpaired) electrons. The summed E-state index contributed by atoms with van der Waals surface area (Å²) in [7, 11) is 0. The smallest absolute Gasteiger partial charge is 0.265 e. The Labute approximate surface area is 152 Å². The molecule has 2 heterocycles. The predicted octanol–water partition coefficient (Wildman–Crippen LogP) is 2.94. The van der Waals surface area contributed by atoms with Gasteiger partial charge >= 0.3 is 0 Å². The fourth-order valence-electron chi connectivity index (χ4n) is 3.07. The van der Waals surface area contributed by atoms with Crippen molar-refractivity contribution in [2.45, 2.75) is 27.3 Å². The van der Waals surface area contributed by atoms with Crippen LogP contribution in [0.3, 0.4) is 0 Å². The van der Waals surface area contributed by atoms with Crippen LogP contribution < -0.4 is 5.32 Å². The number of amides is 2. The van der Waals surface area contributed by atoms with Gasteiger partial charge in [-0.15, -0.1) is 0 Å². The third-order valence-corrected chi connectivity index (χ3v) is 4.51. The Morgan fingerprint density at radius 2 is 1.96 bits per heavy atom. The van der Waals surface area contributed by atoms with Gasteiger partial charge in [-0.05, 0) is 37.2 Å². The Hall–Kier alpha value is -2.47. The maximum Gasteiger partial charge on any atom is 0.265 e. The molecule has 130 valence electrons. The van der Waals surface area contributed by atoms with Crippen molar-refractivity contribution < 1.29 is 9.59 Å². The third kappa shape index (κ3) is 3.22. The van der Waals surface area contributed by atoms with Crippen LogP contribution in [0.15, 0.2) is 36.0 Å². The SMILES string of the molecule is CCN1C(=O)/C(=C/c2cn(CC(C)C)c3ccccc23)C(=O)NC1=S. The van der Waals surface area contributed by atoms with Crippen LogP contribution in [-0.4, -0.2) is 32.9 Å². The molecule has 1 aliphatic rings. The van der Waals surface area contributed by atoms with E-state index in [1.54, 1.807) is 6.08 Å². The molecule has 25 heavy (non-hydrogen) atoms. The van der Waals surface area contributed by atoms with E-state index in [1.807, 2.05) is 31.3 Å². The van der Waals surface area contributed by atoms with Crippen molar-refractivity contribution in [1.82, 2.24) is 14.8 Å². The second kappa shape index (κ2) is 6.80. The van der Waals surface area contributed by atoms with Crippen molar-refractivity contribution in [3.8, 4) is 0 Å². The second-order valence-corrected chi connectivity index (χ2v) is 6.90. The maximum atomic E-state index is 12.6. The first-order valence-corrected chi connectivity index (χ1v) is 8.80. The van der Waals surface area contributed by atoms with Gasteiger partial charge < -0.3 is 4.57 Å². The first-order valence-electron chi connectivity index (χ1n) is 8.39. The van der Waals surface area contributed by atoms with E-state index in [-0.39, 0.29) is 16.6 Å². The molecule has 2 amide bonds. The highest BCUT2D eigenvalue weighted by molar-refractivity contribution is 7.80. The lowest BCUT2D eigenvalue weighted by atomic mass is 10.1. The van der Waals surface area contributed by atoms with Gasteiger partial charge in [0.2, 0.25) is 0 Å². The number of carbonyl (C=O) groups is 2. The van der Waals surface area contributed by atoms with E-state index in [0.717, 1.165) is 23.0 Å². The van der Waals surface area contributed by atoms with Gasteiger partial charge in [-0.25, -0.2) is 0 Å². The summed E-state index contributed by atoms with van der Waals surface area (Å²) in [5.41, 5.74) is 2.07. The number of carbonyl (C=O) groups excluding carboxylic acids is 2. The van der Waals surface area contributed by atoms with Gasteiger partial charge in [0.15, 0.2) is 5.11 Å². The molecular weight excluding hydrogens is 334 g/mol. The molecule has 1 N–H and O–H groups in total. The standard InChI is InChI=1S/C19H21N3O2S/c1-4-22-18(24)15(17(23)20-19(22)25)9-13-11-21(10-12(2)3)16-8-6-5-7-14(13)16/h5-9,11-12H,4,10H2,1-3H3,(H,20,23,25)/b15-9+. The summed E-state index contributed by atoms with van der Waals surface area (Å²) in [6.07, 6.45) is 3.67. The van der Waals surface area contributed by atoms with Crippen LogP contribution in [0.1, 0.15) is 26.3 Å². The van der Waals surface area contributed by atoms with E-state index in [1.165, 1.54) is 4.90 Å². The summed E-state index contributed by atoms with van der Waals surface area (Å²) in [5.74, 6) is -0.304. The Morgan fingerprint density at radius 1 is 1.24 bits per heavy atom. The number of fused-ring (bicyclic) bond motifs is 1. The molecule has 1 aliphatic heterocycles. The number of thiocarbonyl (C=S) groups is 1. The van der Waals surface area contributed by atoms with Gasteiger partial charge in [0.05, 0.1) is 0 Å². The Bertz CT molecular complexity index is 895. The van der Waals surface area contributed by atoms with E-state index in [9.17, 15) is 9.59 Å². The Kier molecular flexibility index (Phi) is 4.72. The normalized spacial score (nSPS) is 17.0. The van der Waals surface area contributed by atoms with Crippen LogP contribution in [-0.2, 0) is 16.1 Å². The summed E-state index contributed by atoms with van der Waals surface area (Å²) >= 11 is 5.07. The van der Waals surface area contributed by atoms with Gasteiger partial charge in [-0.3, -0.25) is 19.8 Å². The summed E-state index contributed by atoms with van der Waals surface area (Å²) in [6, 6.07) is 8.01. The summed E-state index contributed by atoms with van der Waals surface area (Å²) < 4.78 is 2.17. The second-order valence-electron chi connectivity index (χ2n) is 6.51. The number of aromatic nitrogens is 1. The van der Waals surface area contributed by atoms with E-state index in [4.69, 9.17) is 12.2 Å². The number of rotatable bonds is 4. The highest BCUT2D eigenvalue weighted by Crippen LogP contribution is 2.25. The molecule has 0 unspecified atom stereocenters. The first-order chi connectivity index (χ1) is 11.9. The maximum absolute atomic E-state index is 12.6. The van der Waals surface area contributed by atoms with E-state index < -0.39 is 5.91 Å². The molecule has 5 nitrogen and oxygen atoms in total. The zero-order valence-corrected chi connectivity index (χ0v) is 15.4. The zero-order chi connectivity index (χ0) is 18.1. The average Bonchev–Trinajstić information content (AvgIpc) is 2.89. The van der Waals surface area contributed by atoms with Crippen molar-refractivity contribution in [1.29, 1.82) is 0 Å². The Morgan fingerprint density at radius 3 is 2.64 bits per heavy atom. The fourth-order valence-corrected chi connectivity index (χ4v) is 3.38. The molecule has 0 aliphatic carbocycles. The number of para-hydroxylation sites is 1. The molecule has 6 heteroatoms. The van der Waals surface area contributed by atoms with Gasteiger partial charge in [0, 0.05) is 35.8 Å². The minimum absolute atomic E-state index is 0.114. The van der Waals surface area contributed by atoms with Crippen LogP contribution in [0.25, 0.3) is 17.0 Å². The molecule has 1 fully saturated rings. The summed E-state index contributed by atoms with van der Waals surface area (Å²) in [6.45, 7) is 7.43. The largest absolute Gasteiger partial charge is 0.347 e. The lowest BCUT2D eigenvalue weighted by Crippen LogP contribution is -2.53. The number of nitrogens with zero attached hydrogens (tertiary/aromatic N) is 2. The van der Waals surface area contributed by atoms with Crippen LogP contribution in [0.4, 0.5) is 0 Å². The molecule has 0 saturated carbocycles. The molecule has 1 aromatic heterocycles.